The molecule has 4 nitrogen and oxygen atoms in total. The molecule has 0 aromatic carbocycles. The third-order valence-corrected chi connectivity index (χ3v) is 1.50. The number of pyridine rings is 1. The van der Waals surface area contributed by atoms with Crippen LogP contribution in [-0.2, 0) is 0 Å². The number of aliphatic hydroxyl groups excluding tert-OH is 1. The van der Waals surface area contributed by atoms with E-state index in [0.29, 0.717) is 17.9 Å². The molecule has 0 saturated carbocycles. The lowest BCUT2D eigenvalue weighted by atomic mass is 10.2. The molecule has 0 aliphatic rings. The van der Waals surface area contributed by atoms with Crippen LogP contribution in [0.2, 0.25) is 0 Å². The van der Waals surface area contributed by atoms with Gasteiger partial charge in [-0.15, -0.1) is 0 Å². The molecule has 0 aliphatic carbocycles. The van der Waals surface area contributed by atoms with Gasteiger partial charge in [-0.25, -0.2) is 4.98 Å². The second-order valence-electron chi connectivity index (χ2n) is 2.64. The molecule has 1 heterocycles. The number of nitrogens with zero attached hydrogens (tertiary/aromatic N) is 2. The molecule has 0 radical (unpaired) electrons. The minimum atomic E-state index is 0.0531. The summed E-state index contributed by atoms with van der Waals surface area (Å²) >= 11 is 0. The highest BCUT2D eigenvalue weighted by molar-refractivity contribution is 5.44. The molecule has 1 aromatic rings. The minimum Gasteiger partial charge on any atom is -0.395 e. The highest BCUT2D eigenvalue weighted by atomic mass is 16.3. The second-order valence-corrected chi connectivity index (χ2v) is 2.64. The monoisotopic (exact) mass is 177 g/mol. The van der Waals surface area contributed by atoms with Gasteiger partial charge in [0, 0.05) is 12.2 Å². The summed E-state index contributed by atoms with van der Waals surface area (Å²) in [7, 11) is 0. The molecule has 0 spiro atoms. The highest BCUT2D eigenvalue weighted by Gasteiger charge is 1.97. The number of hydrogen-bond acceptors (Lipinski definition) is 4. The third-order valence-electron chi connectivity index (χ3n) is 1.50. The SMILES string of the molecule is Cc1cc(C#N)cc(NCCO)n1. The van der Waals surface area contributed by atoms with Gasteiger partial charge in [-0.2, -0.15) is 5.26 Å². The smallest absolute Gasteiger partial charge is 0.127 e. The van der Waals surface area contributed by atoms with E-state index in [-0.39, 0.29) is 6.61 Å². The normalized spacial score (nSPS) is 9.31. The Bertz CT molecular complexity index is 330. The van der Waals surface area contributed by atoms with Crippen LogP contribution in [0.3, 0.4) is 0 Å². The van der Waals surface area contributed by atoms with E-state index < -0.39 is 0 Å². The van der Waals surface area contributed by atoms with Crippen LogP contribution in [0.4, 0.5) is 5.82 Å². The van der Waals surface area contributed by atoms with Crippen molar-refractivity contribution in [3.8, 4) is 6.07 Å². The maximum absolute atomic E-state index is 8.66. The number of nitriles is 1. The Labute approximate surface area is 76.8 Å². The zero-order valence-electron chi connectivity index (χ0n) is 7.41. The molecule has 13 heavy (non-hydrogen) atoms. The summed E-state index contributed by atoms with van der Waals surface area (Å²) < 4.78 is 0. The number of anilines is 1. The van der Waals surface area contributed by atoms with Gasteiger partial charge in [0.05, 0.1) is 18.2 Å². The van der Waals surface area contributed by atoms with Crippen LogP contribution in [0, 0.1) is 18.3 Å². The molecule has 0 unspecified atom stereocenters. The van der Waals surface area contributed by atoms with E-state index in [9.17, 15) is 0 Å². The lowest BCUT2D eigenvalue weighted by Gasteiger charge is -2.04. The maximum atomic E-state index is 8.66. The largest absolute Gasteiger partial charge is 0.395 e. The van der Waals surface area contributed by atoms with Crippen LogP contribution in [0.5, 0.6) is 0 Å². The number of aromatic nitrogens is 1. The molecular weight excluding hydrogens is 166 g/mol. The van der Waals surface area contributed by atoms with Gasteiger partial charge in [0.25, 0.3) is 0 Å². The molecule has 0 saturated heterocycles. The molecule has 1 rings (SSSR count). The first kappa shape index (κ1) is 9.49. The maximum Gasteiger partial charge on any atom is 0.127 e. The summed E-state index contributed by atoms with van der Waals surface area (Å²) in [6, 6.07) is 5.41. The topological polar surface area (TPSA) is 68.9 Å². The minimum absolute atomic E-state index is 0.0531. The van der Waals surface area contributed by atoms with Crippen LogP contribution in [-0.4, -0.2) is 23.2 Å². The molecule has 0 fully saturated rings. The van der Waals surface area contributed by atoms with Crippen molar-refractivity contribution in [2.45, 2.75) is 6.92 Å². The molecular formula is C9H11N3O. The van der Waals surface area contributed by atoms with E-state index in [1.54, 1.807) is 12.1 Å². The first-order chi connectivity index (χ1) is 6.26. The van der Waals surface area contributed by atoms with Gasteiger partial charge in [-0.05, 0) is 19.1 Å². The summed E-state index contributed by atoms with van der Waals surface area (Å²) in [4.78, 5) is 4.15. The summed E-state index contributed by atoms with van der Waals surface area (Å²) in [6.07, 6.45) is 0. The van der Waals surface area contributed by atoms with E-state index in [1.165, 1.54) is 0 Å². The van der Waals surface area contributed by atoms with Crippen LogP contribution in [0.25, 0.3) is 0 Å². The fraction of sp³-hybridized carbons (Fsp3) is 0.333. The predicted octanol–water partition coefficient (Wildman–Crippen LogP) is 0.666. The van der Waals surface area contributed by atoms with Gasteiger partial charge in [0.2, 0.25) is 0 Å². The third kappa shape index (κ3) is 2.73. The highest BCUT2D eigenvalue weighted by Crippen LogP contribution is 2.08. The molecule has 0 aliphatic heterocycles. The van der Waals surface area contributed by atoms with Crippen LogP contribution in [0.1, 0.15) is 11.3 Å². The standard InChI is InChI=1S/C9H11N3O/c1-7-4-8(6-10)5-9(12-7)11-2-3-13/h4-5,13H,2-3H2,1H3,(H,11,12). The zero-order valence-corrected chi connectivity index (χ0v) is 7.41. The summed E-state index contributed by atoms with van der Waals surface area (Å²) in [5.41, 5.74) is 1.37. The van der Waals surface area contributed by atoms with Gasteiger partial charge in [-0.1, -0.05) is 0 Å². The first-order valence-electron chi connectivity index (χ1n) is 4.00. The molecule has 1 aromatic heterocycles. The zero-order chi connectivity index (χ0) is 9.68. The fourth-order valence-electron chi connectivity index (χ4n) is 1.01. The Morgan fingerprint density at radius 3 is 3.00 bits per heavy atom. The van der Waals surface area contributed by atoms with Crippen molar-refractivity contribution < 1.29 is 5.11 Å². The number of hydrogen-bond donors (Lipinski definition) is 2. The van der Waals surface area contributed by atoms with E-state index in [4.69, 9.17) is 10.4 Å². The molecule has 0 amide bonds. The van der Waals surface area contributed by atoms with Gasteiger partial charge in [0.15, 0.2) is 0 Å². The number of rotatable bonds is 3. The Kier molecular flexibility index (Phi) is 3.23. The molecule has 0 atom stereocenters. The molecule has 0 bridgehead atoms. The van der Waals surface area contributed by atoms with Gasteiger partial charge in [-0.3, -0.25) is 0 Å². The van der Waals surface area contributed by atoms with E-state index >= 15 is 0 Å². The van der Waals surface area contributed by atoms with E-state index in [2.05, 4.69) is 10.3 Å². The predicted molar refractivity (Wildman–Crippen MR) is 49.3 cm³/mol. The Morgan fingerprint density at radius 2 is 2.38 bits per heavy atom. The van der Waals surface area contributed by atoms with Crippen molar-refractivity contribution >= 4 is 5.82 Å². The fourth-order valence-corrected chi connectivity index (χ4v) is 1.01. The first-order valence-corrected chi connectivity index (χ1v) is 4.00. The summed E-state index contributed by atoms with van der Waals surface area (Å²) in [6.45, 7) is 2.32. The van der Waals surface area contributed by atoms with Crippen molar-refractivity contribution in [3.63, 3.8) is 0 Å². The average Bonchev–Trinajstić information content (AvgIpc) is 2.14. The van der Waals surface area contributed by atoms with Crippen LogP contribution in [0.15, 0.2) is 12.1 Å². The van der Waals surface area contributed by atoms with Crippen molar-refractivity contribution in [1.29, 1.82) is 5.26 Å². The lowest BCUT2D eigenvalue weighted by Crippen LogP contribution is -2.07. The van der Waals surface area contributed by atoms with Crippen molar-refractivity contribution in [2.24, 2.45) is 0 Å². The van der Waals surface area contributed by atoms with Crippen LogP contribution < -0.4 is 5.32 Å². The lowest BCUT2D eigenvalue weighted by molar-refractivity contribution is 0.311. The van der Waals surface area contributed by atoms with Crippen molar-refractivity contribution in [3.05, 3.63) is 23.4 Å². The Morgan fingerprint density at radius 1 is 1.62 bits per heavy atom. The summed E-state index contributed by atoms with van der Waals surface area (Å²) in [5, 5.41) is 20.1. The number of nitrogens with one attached hydrogen (secondary N) is 1. The van der Waals surface area contributed by atoms with Crippen molar-refractivity contribution in [2.75, 3.05) is 18.5 Å². The van der Waals surface area contributed by atoms with E-state index in [1.807, 2.05) is 13.0 Å². The number of aryl methyl sites for hydroxylation is 1. The molecule has 2 N–H and O–H groups in total. The Balaban J connectivity index is 2.83. The van der Waals surface area contributed by atoms with Crippen molar-refractivity contribution in [1.82, 2.24) is 4.98 Å². The van der Waals surface area contributed by atoms with Gasteiger partial charge < -0.3 is 10.4 Å². The average molecular weight is 177 g/mol. The quantitative estimate of drug-likeness (QED) is 0.711. The Hall–Kier alpha value is -1.60. The number of aliphatic hydroxyl groups is 1. The van der Waals surface area contributed by atoms with Gasteiger partial charge >= 0.3 is 0 Å². The van der Waals surface area contributed by atoms with Gasteiger partial charge in [0.1, 0.15) is 5.82 Å². The van der Waals surface area contributed by atoms with E-state index in [0.717, 1.165) is 5.69 Å². The van der Waals surface area contributed by atoms with Crippen LogP contribution >= 0.6 is 0 Å². The second kappa shape index (κ2) is 4.43. The molecule has 4 heteroatoms. The molecule has 68 valence electrons. The summed E-state index contributed by atoms with van der Waals surface area (Å²) in [5.74, 6) is 0.630.